The maximum Gasteiger partial charge on any atom is 0.166 e. The highest BCUT2D eigenvalue weighted by atomic mass is 19.1. The fourth-order valence-electron chi connectivity index (χ4n) is 2.81. The van der Waals surface area contributed by atoms with Gasteiger partial charge in [-0.1, -0.05) is 6.42 Å². The third-order valence-electron chi connectivity index (χ3n) is 3.84. The van der Waals surface area contributed by atoms with Crippen LogP contribution in [0.15, 0.2) is 12.1 Å². The van der Waals surface area contributed by atoms with Gasteiger partial charge in [0.2, 0.25) is 0 Å². The number of ether oxygens (including phenoxy) is 2. The van der Waals surface area contributed by atoms with E-state index in [9.17, 15) is 4.39 Å². The minimum absolute atomic E-state index is 0.253. The molecule has 4 heteroatoms. The van der Waals surface area contributed by atoms with E-state index in [0.717, 1.165) is 24.3 Å². The Bertz CT molecular complexity index is 456. The van der Waals surface area contributed by atoms with Crippen molar-refractivity contribution in [1.82, 2.24) is 5.32 Å². The summed E-state index contributed by atoms with van der Waals surface area (Å²) in [6.07, 6.45) is 2.48. The number of hydrogen-bond donors (Lipinski definition) is 1. The van der Waals surface area contributed by atoms with Crippen molar-refractivity contribution in [2.75, 3.05) is 19.8 Å². The van der Waals surface area contributed by atoms with Crippen molar-refractivity contribution in [3.63, 3.8) is 0 Å². The predicted octanol–water partition coefficient (Wildman–Crippen LogP) is 3.30. The van der Waals surface area contributed by atoms with Crippen LogP contribution in [0.2, 0.25) is 0 Å². The van der Waals surface area contributed by atoms with Crippen LogP contribution >= 0.6 is 0 Å². The number of hydrogen-bond acceptors (Lipinski definition) is 3. The summed E-state index contributed by atoms with van der Waals surface area (Å²) in [5.41, 5.74) is 1.73. The molecule has 1 aromatic rings. The Morgan fingerprint density at radius 2 is 2.11 bits per heavy atom. The molecule has 0 bridgehead atoms. The van der Waals surface area contributed by atoms with E-state index in [2.05, 4.69) is 5.32 Å². The molecule has 0 saturated carbocycles. The molecule has 104 valence electrons. The SMILES string of the molecule is CC(F)c1cc2c(c(C3CCCCN3)c1)OCCO2. The van der Waals surface area contributed by atoms with Gasteiger partial charge in [-0.15, -0.1) is 0 Å². The lowest BCUT2D eigenvalue weighted by Crippen LogP contribution is -2.28. The molecule has 1 fully saturated rings. The van der Waals surface area contributed by atoms with Crippen molar-refractivity contribution in [2.24, 2.45) is 0 Å². The van der Waals surface area contributed by atoms with Crippen LogP contribution in [0.4, 0.5) is 4.39 Å². The van der Waals surface area contributed by atoms with Crippen LogP contribution < -0.4 is 14.8 Å². The standard InChI is InChI=1S/C15H20FNO2/c1-10(16)11-8-12(13-4-2-3-5-17-13)15-14(9-11)18-6-7-19-15/h8-10,13,17H,2-7H2,1H3. The van der Waals surface area contributed by atoms with Gasteiger partial charge in [0.1, 0.15) is 19.4 Å². The van der Waals surface area contributed by atoms with Crippen LogP contribution in [0.25, 0.3) is 0 Å². The summed E-state index contributed by atoms with van der Waals surface area (Å²) in [6.45, 7) is 3.67. The fourth-order valence-corrected chi connectivity index (χ4v) is 2.81. The number of halogens is 1. The lowest BCUT2D eigenvalue weighted by molar-refractivity contribution is 0.167. The topological polar surface area (TPSA) is 30.5 Å². The van der Waals surface area contributed by atoms with Crippen LogP contribution in [0.1, 0.15) is 49.5 Å². The van der Waals surface area contributed by atoms with Gasteiger partial charge in [-0.05, 0) is 44.0 Å². The Morgan fingerprint density at radius 1 is 1.26 bits per heavy atom. The van der Waals surface area contributed by atoms with Crippen LogP contribution in [-0.2, 0) is 0 Å². The molecule has 2 heterocycles. The summed E-state index contributed by atoms with van der Waals surface area (Å²) < 4.78 is 25.0. The zero-order valence-electron chi connectivity index (χ0n) is 11.2. The molecule has 2 atom stereocenters. The summed E-state index contributed by atoms with van der Waals surface area (Å²) in [7, 11) is 0. The minimum atomic E-state index is -0.988. The van der Waals surface area contributed by atoms with E-state index in [1.807, 2.05) is 6.07 Å². The van der Waals surface area contributed by atoms with Gasteiger partial charge in [-0.2, -0.15) is 0 Å². The molecule has 0 aliphatic carbocycles. The normalized spacial score (nSPS) is 24.0. The Hall–Kier alpha value is -1.29. The molecule has 0 radical (unpaired) electrons. The molecule has 0 aromatic heterocycles. The van der Waals surface area contributed by atoms with Crippen molar-refractivity contribution in [3.05, 3.63) is 23.3 Å². The highest BCUT2D eigenvalue weighted by Gasteiger charge is 2.25. The first-order valence-electron chi connectivity index (χ1n) is 7.06. The largest absolute Gasteiger partial charge is 0.486 e. The molecule has 1 aromatic carbocycles. The summed E-state index contributed by atoms with van der Waals surface area (Å²) >= 11 is 0. The molecule has 2 unspecified atom stereocenters. The molecular formula is C15H20FNO2. The molecular weight excluding hydrogens is 245 g/mol. The van der Waals surface area contributed by atoms with Crippen molar-refractivity contribution >= 4 is 0 Å². The van der Waals surface area contributed by atoms with E-state index in [-0.39, 0.29) is 6.04 Å². The van der Waals surface area contributed by atoms with Gasteiger partial charge >= 0.3 is 0 Å². The van der Waals surface area contributed by atoms with Gasteiger partial charge in [0.25, 0.3) is 0 Å². The predicted molar refractivity (Wildman–Crippen MR) is 71.5 cm³/mol. The lowest BCUT2D eigenvalue weighted by atomic mass is 9.94. The van der Waals surface area contributed by atoms with Gasteiger partial charge in [-0.3, -0.25) is 0 Å². The van der Waals surface area contributed by atoms with E-state index in [0.29, 0.717) is 24.5 Å². The second-order valence-electron chi connectivity index (χ2n) is 5.25. The van der Waals surface area contributed by atoms with Gasteiger partial charge in [-0.25, -0.2) is 4.39 Å². The molecule has 0 amide bonds. The first-order chi connectivity index (χ1) is 9.25. The molecule has 0 spiro atoms. The number of benzene rings is 1. The highest BCUT2D eigenvalue weighted by Crippen LogP contribution is 2.41. The van der Waals surface area contributed by atoms with Crippen molar-refractivity contribution in [2.45, 2.75) is 38.4 Å². The molecule has 1 N–H and O–H groups in total. The van der Waals surface area contributed by atoms with E-state index < -0.39 is 6.17 Å². The molecule has 3 rings (SSSR count). The van der Waals surface area contributed by atoms with Gasteiger partial charge in [0.15, 0.2) is 11.5 Å². The first kappa shape index (κ1) is 12.7. The quantitative estimate of drug-likeness (QED) is 0.890. The third kappa shape index (κ3) is 2.54. The number of fused-ring (bicyclic) bond motifs is 1. The average Bonchev–Trinajstić information content (AvgIpc) is 2.47. The van der Waals surface area contributed by atoms with E-state index in [4.69, 9.17) is 9.47 Å². The van der Waals surface area contributed by atoms with E-state index in [1.54, 1.807) is 13.0 Å². The number of rotatable bonds is 2. The maximum absolute atomic E-state index is 13.6. The highest BCUT2D eigenvalue weighted by molar-refractivity contribution is 5.52. The van der Waals surface area contributed by atoms with Crippen molar-refractivity contribution in [3.8, 4) is 11.5 Å². The minimum Gasteiger partial charge on any atom is -0.486 e. The van der Waals surface area contributed by atoms with Crippen molar-refractivity contribution in [1.29, 1.82) is 0 Å². The molecule has 1 saturated heterocycles. The number of alkyl halides is 1. The summed E-state index contributed by atoms with van der Waals surface area (Å²) in [4.78, 5) is 0. The second-order valence-corrected chi connectivity index (χ2v) is 5.25. The lowest BCUT2D eigenvalue weighted by Gasteiger charge is -2.29. The smallest absolute Gasteiger partial charge is 0.166 e. The van der Waals surface area contributed by atoms with Crippen LogP contribution in [0, 0.1) is 0 Å². The molecule has 19 heavy (non-hydrogen) atoms. The Balaban J connectivity index is 2.01. The molecule has 3 nitrogen and oxygen atoms in total. The first-order valence-corrected chi connectivity index (χ1v) is 7.06. The van der Waals surface area contributed by atoms with Crippen LogP contribution in [-0.4, -0.2) is 19.8 Å². The monoisotopic (exact) mass is 265 g/mol. The zero-order chi connectivity index (χ0) is 13.2. The number of nitrogens with one attached hydrogen (secondary N) is 1. The van der Waals surface area contributed by atoms with Crippen LogP contribution in [0.3, 0.4) is 0 Å². The fraction of sp³-hybridized carbons (Fsp3) is 0.600. The summed E-state index contributed by atoms with van der Waals surface area (Å²) in [5, 5.41) is 3.49. The van der Waals surface area contributed by atoms with E-state index >= 15 is 0 Å². The average molecular weight is 265 g/mol. The van der Waals surface area contributed by atoms with Gasteiger partial charge < -0.3 is 14.8 Å². The maximum atomic E-state index is 13.6. The van der Waals surface area contributed by atoms with Crippen molar-refractivity contribution < 1.29 is 13.9 Å². The Kier molecular flexibility index (Phi) is 3.60. The molecule has 2 aliphatic heterocycles. The number of piperidine rings is 1. The Morgan fingerprint density at radius 3 is 2.84 bits per heavy atom. The Labute approximate surface area is 113 Å². The second kappa shape index (κ2) is 5.37. The van der Waals surface area contributed by atoms with Gasteiger partial charge in [0, 0.05) is 11.6 Å². The summed E-state index contributed by atoms with van der Waals surface area (Å²) in [6, 6.07) is 3.95. The zero-order valence-corrected chi connectivity index (χ0v) is 11.2. The van der Waals surface area contributed by atoms with E-state index in [1.165, 1.54) is 12.8 Å². The van der Waals surface area contributed by atoms with Gasteiger partial charge in [0.05, 0.1) is 0 Å². The summed E-state index contributed by atoms with van der Waals surface area (Å²) in [5.74, 6) is 1.49. The third-order valence-corrected chi connectivity index (χ3v) is 3.84. The molecule has 2 aliphatic rings. The van der Waals surface area contributed by atoms with Crippen LogP contribution in [0.5, 0.6) is 11.5 Å².